The van der Waals surface area contributed by atoms with Gasteiger partial charge in [-0.3, -0.25) is 9.36 Å². The largest absolute Gasteiger partial charge is 0.344 e. The smallest absolute Gasteiger partial charge is 0.284 e. The molecule has 11 nitrogen and oxygen atoms in total. The second-order valence-corrected chi connectivity index (χ2v) is 10.8. The number of hydrogen-bond donors (Lipinski definition) is 1. The average Bonchev–Trinajstić information content (AvgIpc) is 3.58. The number of imidazole rings is 1. The normalized spacial score (nSPS) is 16.5. The van der Waals surface area contributed by atoms with Crippen LogP contribution in [0.25, 0.3) is 22.4 Å². The van der Waals surface area contributed by atoms with E-state index in [9.17, 15) is 13.2 Å². The monoisotopic (exact) mass is 510 g/mol. The van der Waals surface area contributed by atoms with Crippen LogP contribution in [0.2, 0.25) is 5.02 Å². The van der Waals surface area contributed by atoms with Crippen LogP contribution in [0.3, 0.4) is 0 Å². The molecule has 0 saturated carbocycles. The number of benzene rings is 1. The summed E-state index contributed by atoms with van der Waals surface area (Å²) in [6.07, 6.45) is 7.33. The maximum Gasteiger partial charge on any atom is 0.284 e. The number of H-pyrrole nitrogens is 1. The minimum atomic E-state index is -3.50. The molecule has 0 aliphatic carbocycles. The number of anilines is 1. The Labute approximate surface area is 204 Å². The highest BCUT2D eigenvalue weighted by atomic mass is 35.5. The maximum atomic E-state index is 13.8. The lowest BCUT2D eigenvalue weighted by Crippen LogP contribution is -2.33. The molecule has 1 fully saturated rings. The average molecular weight is 511 g/mol. The lowest BCUT2D eigenvalue weighted by atomic mass is 10.2. The summed E-state index contributed by atoms with van der Waals surface area (Å²) in [5.41, 5.74) is 1.44. The maximum absolute atomic E-state index is 13.8. The second-order valence-electron chi connectivity index (χ2n) is 8.37. The minimum Gasteiger partial charge on any atom is -0.344 e. The van der Waals surface area contributed by atoms with Crippen molar-refractivity contribution in [2.24, 2.45) is 0 Å². The van der Waals surface area contributed by atoms with Crippen LogP contribution >= 0.6 is 11.6 Å². The molecule has 0 bridgehead atoms. The predicted molar refractivity (Wildman–Crippen MR) is 130 cm³/mol. The lowest BCUT2D eigenvalue weighted by molar-refractivity contribution is 0.598. The van der Waals surface area contributed by atoms with Gasteiger partial charge in [-0.15, -0.1) is 0 Å². The molecule has 1 N–H and O–H groups in total. The standard InChI is InChI=1S/C22H19ClN8O3S/c1-35(33,34)14-5-2-4-13(10-14)31-20(28-30-9-7-15(23)18(30)22(31)32)16-6-3-8-29(16)21-17-19(25-11-24-17)26-12-27-21/h2,4-5,7,9-12,16H,3,6,8H2,1H3,(H,24,25,26,27). The van der Waals surface area contributed by atoms with Crippen molar-refractivity contribution in [3.63, 3.8) is 0 Å². The van der Waals surface area contributed by atoms with Crippen molar-refractivity contribution in [3.8, 4) is 5.69 Å². The molecule has 0 amide bonds. The first kappa shape index (κ1) is 21.7. The van der Waals surface area contributed by atoms with Gasteiger partial charge in [0.15, 0.2) is 27.1 Å². The molecule has 1 aliphatic rings. The first-order chi connectivity index (χ1) is 16.8. The van der Waals surface area contributed by atoms with E-state index in [2.05, 4.69) is 24.8 Å². The summed E-state index contributed by atoms with van der Waals surface area (Å²) >= 11 is 6.32. The van der Waals surface area contributed by atoms with E-state index in [-0.39, 0.29) is 21.5 Å². The first-order valence-corrected chi connectivity index (χ1v) is 13.1. The number of sulfone groups is 1. The molecule has 1 unspecified atom stereocenters. The van der Waals surface area contributed by atoms with Gasteiger partial charge >= 0.3 is 0 Å². The third-order valence-corrected chi connectivity index (χ3v) is 7.61. The predicted octanol–water partition coefficient (Wildman–Crippen LogP) is 2.55. The Bertz CT molecular complexity index is 1770. The number of fused-ring (bicyclic) bond motifs is 2. The number of nitrogens with zero attached hydrogens (tertiary/aromatic N) is 7. The van der Waals surface area contributed by atoms with E-state index in [0.717, 1.165) is 12.7 Å². The molecule has 13 heteroatoms. The van der Waals surface area contributed by atoms with Gasteiger partial charge in [-0.1, -0.05) is 17.7 Å². The number of rotatable bonds is 4. The highest BCUT2D eigenvalue weighted by molar-refractivity contribution is 7.90. The van der Waals surface area contributed by atoms with Crippen molar-refractivity contribution in [2.75, 3.05) is 17.7 Å². The van der Waals surface area contributed by atoms with Crippen LogP contribution in [-0.4, -0.2) is 55.3 Å². The highest BCUT2D eigenvalue weighted by Crippen LogP contribution is 2.37. The number of nitrogens with one attached hydrogen (secondary N) is 1. The van der Waals surface area contributed by atoms with Gasteiger partial charge in [-0.2, -0.15) is 5.10 Å². The van der Waals surface area contributed by atoms with Gasteiger partial charge in [0, 0.05) is 19.0 Å². The summed E-state index contributed by atoms with van der Waals surface area (Å²) in [5.74, 6) is 1.11. The molecule has 5 heterocycles. The Kier molecular flexibility index (Phi) is 4.90. The zero-order valence-corrected chi connectivity index (χ0v) is 20.0. The van der Waals surface area contributed by atoms with Gasteiger partial charge in [-0.05, 0) is 37.1 Å². The molecule has 0 radical (unpaired) electrons. The molecule has 1 aliphatic heterocycles. The molecule has 0 spiro atoms. The topological polar surface area (TPSA) is 131 Å². The van der Waals surface area contributed by atoms with E-state index in [1.54, 1.807) is 30.7 Å². The molecule has 178 valence electrons. The molecule has 4 aromatic heterocycles. The van der Waals surface area contributed by atoms with Crippen LogP contribution < -0.4 is 10.5 Å². The zero-order chi connectivity index (χ0) is 24.3. The fraction of sp³-hybridized carbons (Fsp3) is 0.227. The van der Waals surface area contributed by atoms with Crippen molar-refractivity contribution < 1.29 is 8.42 Å². The van der Waals surface area contributed by atoms with Gasteiger partial charge in [0.1, 0.15) is 17.4 Å². The SMILES string of the molecule is CS(=O)(=O)c1cccc(-n2c(C3CCCN3c3ncnc4nc[nH]c34)nn3ccc(Cl)c3c2=O)c1. The third-order valence-electron chi connectivity index (χ3n) is 6.19. The fourth-order valence-corrected chi connectivity index (χ4v) is 5.51. The summed E-state index contributed by atoms with van der Waals surface area (Å²) in [7, 11) is -3.50. The summed E-state index contributed by atoms with van der Waals surface area (Å²) in [6.45, 7) is 0.680. The quantitative estimate of drug-likeness (QED) is 0.390. The zero-order valence-electron chi connectivity index (χ0n) is 18.5. The van der Waals surface area contributed by atoms with Crippen molar-refractivity contribution >= 4 is 43.9 Å². The van der Waals surface area contributed by atoms with Gasteiger partial charge in [0.05, 0.1) is 28.0 Å². The minimum absolute atomic E-state index is 0.104. The molecule has 5 aromatic rings. The van der Waals surface area contributed by atoms with Crippen molar-refractivity contribution in [3.05, 3.63) is 70.4 Å². The van der Waals surface area contributed by atoms with Gasteiger partial charge in [-0.25, -0.2) is 27.9 Å². The summed E-state index contributed by atoms with van der Waals surface area (Å²) in [4.78, 5) is 32.0. The third kappa shape index (κ3) is 3.48. The van der Waals surface area contributed by atoms with E-state index >= 15 is 0 Å². The lowest BCUT2D eigenvalue weighted by Gasteiger charge is -2.27. The van der Waals surface area contributed by atoms with Gasteiger partial charge in [0.25, 0.3) is 5.56 Å². The van der Waals surface area contributed by atoms with E-state index in [1.165, 1.54) is 27.5 Å². The van der Waals surface area contributed by atoms with Crippen molar-refractivity contribution in [2.45, 2.75) is 23.8 Å². The second kappa shape index (κ2) is 7.89. The molecular weight excluding hydrogens is 492 g/mol. The summed E-state index contributed by atoms with van der Waals surface area (Å²) in [5, 5.41) is 5.05. The van der Waals surface area contributed by atoms with Crippen LogP contribution in [0.5, 0.6) is 0 Å². The van der Waals surface area contributed by atoms with E-state index in [0.29, 0.717) is 41.5 Å². The first-order valence-electron chi connectivity index (χ1n) is 10.8. The summed E-state index contributed by atoms with van der Waals surface area (Å²) in [6, 6.07) is 7.56. The molecule has 6 rings (SSSR count). The number of halogens is 1. The molecule has 1 saturated heterocycles. The Morgan fingerprint density at radius 3 is 2.86 bits per heavy atom. The molecule has 1 aromatic carbocycles. The van der Waals surface area contributed by atoms with Crippen LogP contribution in [0.4, 0.5) is 5.82 Å². The Hall–Kier alpha value is -3.77. The number of aromatic amines is 1. The molecule has 35 heavy (non-hydrogen) atoms. The van der Waals surface area contributed by atoms with Gasteiger partial charge < -0.3 is 9.88 Å². The Morgan fingerprint density at radius 1 is 1.17 bits per heavy atom. The Balaban J connectivity index is 1.61. The van der Waals surface area contributed by atoms with Crippen molar-refractivity contribution in [1.82, 2.24) is 34.1 Å². The van der Waals surface area contributed by atoms with Crippen LogP contribution in [0.1, 0.15) is 24.7 Å². The van der Waals surface area contributed by atoms with Crippen LogP contribution in [-0.2, 0) is 9.84 Å². The van der Waals surface area contributed by atoms with Crippen LogP contribution in [0, 0.1) is 0 Å². The Morgan fingerprint density at radius 2 is 2.03 bits per heavy atom. The highest BCUT2D eigenvalue weighted by Gasteiger charge is 2.34. The number of hydrogen-bond acceptors (Lipinski definition) is 8. The summed E-state index contributed by atoms with van der Waals surface area (Å²) < 4.78 is 27.4. The number of aromatic nitrogens is 7. The fourth-order valence-electron chi connectivity index (χ4n) is 4.62. The van der Waals surface area contributed by atoms with E-state index in [4.69, 9.17) is 16.7 Å². The molecule has 1 atom stereocenters. The van der Waals surface area contributed by atoms with Crippen molar-refractivity contribution in [1.29, 1.82) is 0 Å². The van der Waals surface area contributed by atoms with Gasteiger partial charge in [0.2, 0.25) is 0 Å². The van der Waals surface area contributed by atoms with E-state index < -0.39 is 15.4 Å². The van der Waals surface area contributed by atoms with Crippen LogP contribution in [0.15, 0.2) is 58.9 Å². The molecular formula is C22H19ClN8O3S. The van der Waals surface area contributed by atoms with E-state index in [1.807, 2.05) is 0 Å².